The van der Waals surface area contributed by atoms with Crippen LogP contribution in [0, 0.1) is 24.2 Å². The number of nitrogens with one attached hydrogen (secondary N) is 1. The van der Waals surface area contributed by atoms with Crippen molar-refractivity contribution in [1.29, 1.82) is 5.26 Å². The number of anilines is 1. The van der Waals surface area contributed by atoms with Crippen LogP contribution in [0.3, 0.4) is 0 Å². The molecule has 1 aromatic heterocycles. The van der Waals surface area contributed by atoms with Crippen LogP contribution in [-0.4, -0.2) is 17.1 Å². The second kappa shape index (κ2) is 8.32. The van der Waals surface area contributed by atoms with E-state index in [1.807, 2.05) is 25.1 Å². The molecule has 1 heterocycles. The lowest BCUT2D eigenvalue weighted by Gasteiger charge is -2.22. The third-order valence-electron chi connectivity index (χ3n) is 5.55. The summed E-state index contributed by atoms with van der Waals surface area (Å²) in [6.07, 6.45) is 8.37. The van der Waals surface area contributed by atoms with Crippen LogP contribution < -0.4 is 10.2 Å². The summed E-state index contributed by atoms with van der Waals surface area (Å²) in [5, 5.41) is 14.4. The first-order valence-corrected chi connectivity index (χ1v) is 11.0. The van der Waals surface area contributed by atoms with Crippen molar-refractivity contribution in [2.24, 2.45) is 5.92 Å². The Morgan fingerprint density at radius 2 is 2.11 bits per heavy atom. The summed E-state index contributed by atoms with van der Waals surface area (Å²) < 4.78 is 0. The zero-order valence-corrected chi connectivity index (χ0v) is 17.1. The second-order valence-corrected chi connectivity index (χ2v) is 9.04. The molecule has 2 aliphatic carbocycles. The van der Waals surface area contributed by atoms with Gasteiger partial charge in [0.05, 0.1) is 28.9 Å². The van der Waals surface area contributed by atoms with Crippen LogP contribution in [0.2, 0.25) is 0 Å². The number of carbonyl (C=O) groups excluding carboxylic acids is 1. The summed E-state index contributed by atoms with van der Waals surface area (Å²) >= 11 is 1.65. The fraction of sp³-hybridized carbons (Fsp3) is 0.500. The molecule has 1 aromatic carbocycles. The molecule has 146 valence electrons. The Labute approximate surface area is 170 Å². The van der Waals surface area contributed by atoms with E-state index in [0.29, 0.717) is 18.2 Å². The molecule has 5 nitrogen and oxygen atoms in total. The summed E-state index contributed by atoms with van der Waals surface area (Å²) in [6, 6.07) is 9.89. The topological polar surface area (TPSA) is 69.0 Å². The number of hydrogen-bond donors (Lipinski definition) is 1. The number of benzene rings is 1. The maximum atomic E-state index is 13.0. The molecule has 2 saturated carbocycles. The van der Waals surface area contributed by atoms with E-state index in [2.05, 4.69) is 11.4 Å². The summed E-state index contributed by atoms with van der Waals surface area (Å²) in [5.41, 5.74) is 2.48. The highest BCUT2D eigenvalue weighted by Gasteiger charge is 2.29. The maximum Gasteiger partial charge on any atom is 0.323 e. The molecular formula is C22H26N4OS. The second-order valence-electron chi connectivity index (χ2n) is 7.97. The van der Waals surface area contributed by atoms with Crippen molar-refractivity contribution in [2.45, 2.75) is 64.5 Å². The van der Waals surface area contributed by atoms with E-state index in [9.17, 15) is 10.1 Å². The average Bonchev–Trinajstić information content (AvgIpc) is 3.21. The first kappa shape index (κ1) is 18.9. The fourth-order valence-electron chi connectivity index (χ4n) is 3.88. The van der Waals surface area contributed by atoms with Crippen LogP contribution in [0.25, 0.3) is 0 Å². The van der Waals surface area contributed by atoms with Crippen LogP contribution >= 0.6 is 11.3 Å². The molecule has 1 N–H and O–H groups in total. The number of hydrogen-bond acceptors (Lipinski definition) is 4. The minimum Gasteiger partial charge on any atom is -0.335 e. The van der Waals surface area contributed by atoms with E-state index >= 15 is 0 Å². The molecule has 0 atom stereocenters. The lowest BCUT2D eigenvalue weighted by atomic mass is 10.1. The molecule has 4 rings (SSSR count). The number of thiazole rings is 1. The van der Waals surface area contributed by atoms with E-state index in [-0.39, 0.29) is 6.03 Å². The molecule has 2 amide bonds. The van der Waals surface area contributed by atoms with E-state index in [1.54, 1.807) is 22.3 Å². The smallest absolute Gasteiger partial charge is 0.323 e. The number of carbonyl (C=O) groups is 1. The Morgan fingerprint density at radius 1 is 1.32 bits per heavy atom. The normalized spacial score (nSPS) is 16.7. The highest BCUT2D eigenvalue weighted by Crippen LogP contribution is 2.35. The summed E-state index contributed by atoms with van der Waals surface area (Å²) in [7, 11) is 0. The third-order valence-corrected chi connectivity index (χ3v) is 6.75. The van der Waals surface area contributed by atoms with Gasteiger partial charge in [0.1, 0.15) is 5.00 Å². The van der Waals surface area contributed by atoms with Gasteiger partial charge in [-0.25, -0.2) is 9.78 Å². The van der Waals surface area contributed by atoms with Gasteiger partial charge in [-0.05, 0) is 43.4 Å². The largest absolute Gasteiger partial charge is 0.335 e. The van der Waals surface area contributed by atoms with E-state index in [0.717, 1.165) is 46.4 Å². The van der Waals surface area contributed by atoms with Gasteiger partial charge in [0, 0.05) is 12.5 Å². The Kier molecular flexibility index (Phi) is 5.63. The lowest BCUT2D eigenvalue weighted by molar-refractivity contribution is 0.245. The molecule has 28 heavy (non-hydrogen) atoms. The van der Waals surface area contributed by atoms with Gasteiger partial charge in [0.2, 0.25) is 0 Å². The van der Waals surface area contributed by atoms with Crippen LogP contribution in [0.1, 0.15) is 60.4 Å². The van der Waals surface area contributed by atoms with Crippen molar-refractivity contribution in [3.8, 4) is 6.07 Å². The van der Waals surface area contributed by atoms with Crippen molar-refractivity contribution < 1.29 is 4.79 Å². The number of aromatic nitrogens is 1. The van der Waals surface area contributed by atoms with Crippen molar-refractivity contribution in [3.05, 3.63) is 46.1 Å². The van der Waals surface area contributed by atoms with Crippen molar-refractivity contribution in [1.82, 2.24) is 10.3 Å². The van der Waals surface area contributed by atoms with Gasteiger partial charge < -0.3 is 5.32 Å². The number of amides is 2. The van der Waals surface area contributed by atoms with Crippen molar-refractivity contribution >= 4 is 22.4 Å². The van der Waals surface area contributed by atoms with Gasteiger partial charge in [0.25, 0.3) is 0 Å². The molecule has 0 unspecified atom stereocenters. The monoisotopic (exact) mass is 394 g/mol. The summed E-state index contributed by atoms with van der Waals surface area (Å²) in [5.74, 6) is 0.736. The molecule has 0 bridgehead atoms. The highest BCUT2D eigenvalue weighted by molar-refractivity contribution is 7.16. The molecule has 0 spiro atoms. The maximum absolute atomic E-state index is 13.0. The Hall–Kier alpha value is -2.39. The zero-order valence-electron chi connectivity index (χ0n) is 16.3. The van der Waals surface area contributed by atoms with E-state index < -0.39 is 0 Å². The minimum absolute atomic E-state index is 0.0657. The van der Waals surface area contributed by atoms with Crippen molar-refractivity contribution in [3.63, 3.8) is 0 Å². The van der Waals surface area contributed by atoms with Gasteiger partial charge in [-0.1, -0.05) is 37.8 Å². The molecule has 2 aromatic rings. The van der Waals surface area contributed by atoms with Crippen LogP contribution in [0.4, 0.5) is 9.80 Å². The van der Waals surface area contributed by atoms with E-state index in [4.69, 9.17) is 4.98 Å². The molecular weight excluding hydrogens is 368 g/mol. The Balaban J connectivity index is 1.58. The van der Waals surface area contributed by atoms with E-state index in [1.165, 1.54) is 25.7 Å². The van der Waals surface area contributed by atoms with Crippen LogP contribution in [0.15, 0.2) is 24.3 Å². The average molecular weight is 395 g/mol. The Morgan fingerprint density at radius 3 is 2.82 bits per heavy atom. The van der Waals surface area contributed by atoms with Gasteiger partial charge in [-0.3, -0.25) is 4.90 Å². The quantitative estimate of drug-likeness (QED) is 0.755. The molecule has 0 radical (unpaired) electrons. The molecule has 2 fully saturated rings. The minimum atomic E-state index is -0.0657. The van der Waals surface area contributed by atoms with Gasteiger partial charge >= 0.3 is 6.03 Å². The lowest BCUT2D eigenvalue weighted by Crippen LogP contribution is -2.40. The number of nitrogens with zero attached hydrogens (tertiary/aromatic N) is 3. The van der Waals surface area contributed by atoms with Crippen LogP contribution in [-0.2, 0) is 13.0 Å². The summed E-state index contributed by atoms with van der Waals surface area (Å²) in [6.45, 7) is 2.44. The highest BCUT2D eigenvalue weighted by atomic mass is 32.1. The molecule has 0 aliphatic heterocycles. The van der Waals surface area contributed by atoms with Crippen molar-refractivity contribution in [2.75, 3.05) is 4.90 Å². The number of nitriles is 1. The number of urea groups is 1. The zero-order chi connectivity index (χ0) is 19.5. The first-order chi connectivity index (χ1) is 13.6. The van der Waals surface area contributed by atoms with Gasteiger partial charge in [-0.2, -0.15) is 5.26 Å². The number of rotatable bonds is 6. The fourth-order valence-corrected chi connectivity index (χ4v) is 5.06. The predicted molar refractivity (Wildman–Crippen MR) is 111 cm³/mol. The predicted octanol–water partition coefficient (Wildman–Crippen LogP) is 4.93. The van der Waals surface area contributed by atoms with Gasteiger partial charge in [-0.15, -0.1) is 11.3 Å². The third kappa shape index (κ3) is 4.53. The van der Waals surface area contributed by atoms with Gasteiger partial charge in [0.15, 0.2) is 0 Å². The van der Waals surface area contributed by atoms with Crippen LogP contribution in [0.5, 0.6) is 0 Å². The Bertz CT molecular complexity index is 890. The number of aryl methyl sites for hydroxylation is 1. The first-order valence-electron chi connectivity index (χ1n) is 10.2. The SMILES string of the molecule is Cc1nc(CC2CCCC2)sc1N(Cc1cccc(C#N)c1)C(=O)NC1CC1. The standard InChI is InChI=1S/C22H26N4OS/c1-15-21(28-20(24-15)12-16-5-2-3-6-16)26(22(27)25-19-9-10-19)14-18-8-4-7-17(11-18)13-23/h4,7-8,11,16,19H,2-3,5-6,9-10,12,14H2,1H3,(H,25,27). The molecule has 2 aliphatic rings. The summed E-state index contributed by atoms with van der Waals surface area (Å²) in [4.78, 5) is 19.6. The molecule has 0 saturated heterocycles. The molecule has 6 heteroatoms.